The van der Waals surface area contributed by atoms with E-state index in [-0.39, 0.29) is 5.91 Å². The Hall–Kier alpha value is -1.86. The first-order valence-corrected chi connectivity index (χ1v) is 9.98. The van der Waals surface area contributed by atoms with E-state index in [0.717, 1.165) is 40.4 Å². The molecule has 0 bridgehead atoms. The molecule has 0 unspecified atom stereocenters. The molecule has 2 rings (SSSR count). The second-order valence-corrected chi connectivity index (χ2v) is 8.73. The largest absolute Gasteiger partial charge is 0.356 e. The van der Waals surface area contributed by atoms with Crippen LogP contribution < -0.4 is 5.32 Å². The molecular formula is C19H25BrN4OS. The van der Waals surface area contributed by atoms with Gasteiger partial charge in [-0.25, -0.2) is 0 Å². The van der Waals surface area contributed by atoms with E-state index in [1.54, 1.807) is 37.4 Å². The van der Waals surface area contributed by atoms with Crippen molar-refractivity contribution >= 4 is 39.1 Å². The van der Waals surface area contributed by atoms with Gasteiger partial charge < -0.3 is 15.1 Å². The fraction of sp³-hybridized carbons (Fsp3) is 0.368. The van der Waals surface area contributed by atoms with Crippen LogP contribution in [-0.2, 0) is 13.0 Å². The van der Waals surface area contributed by atoms with Gasteiger partial charge >= 0.3 is 0 Å². The molecule has 1 N–H and O–H groups in total. The van der Waals surface area contributed by atoms with Crippen LogP contribution in [0.1, 0.15) is 20.8 Å². The van der Waals surface area contributed by atoms with Crippen molar-refractivity contribution < 1.29 is 4.79 Å². The average Bonchev–Trinajstić information content (AvgIpc) is 3.02. The number of halogens is 1. The number of guanidine groups is 1. The van der Waals surface area contributed by atoms with Crippen molar-refractivity contribution in [2.24, 2.45) is 4.99 Å². The second-order valence-electron chi connectivity index (χ2n) is 6.19. The van der Waals surface area contributed by atoms with Crippen LogP contribution in [-0.4, -0.2) is 56.4 Å². The Bertz CT molecular complexity index is 772. The molecule has 0 saturated carbocycles. The predicted octanol–water partition coefficient (Wildman–Crippen LogP) is 3.46. The number of hydrogen-bond donors (Lipinski definition) is 1. The molecule has 5 nitrogen and oxygen atoms in total. The van der Waals surface area contributed by atoms with Gasteiger partial charge in [0.05, 0.1) is 10.3 Å². The van der Waals surface area contributed by atoms with Crippen LogP contribution in [0.3, 0.4) is 0 Å². The van der Waals surface area contributed by atoms with Crippen molar-refractivity contribution in [3.8, 4) is 0 Å². The number of carbonyl (C=O) groups excluding carboxylic acids is 1. The monoisotopic (exact) mass is 436 g/mol. The van der Waals surface area contributed by atoms with E-state index < -0.39 is 0 Å². The molecule has 2 aromatic rings. The Kier molecular flexibility index (Phi) is 7.66. The molecule has 26 heavy (non-hydrogen) atoms. The Morgan fingerprint density at radius 3 is 2.62 bits per heavy atom. The van der Waals surface area contributed by atoms with E-state index in [4.69, 9.17) is 0 Å². The summed E-state index contributed by atoms with van der Waals surface area (Å²) in [6, 6.07) is 12.0. The summed E-state index contributed by atoms with van der Waals surface area (Å²) in [6.45, 7) is 1.56. The molecule has 140 valence electrons. The van der Waals surface area contributed by atoms with E-state index in [1.165, 1.54) is 4.88 Å². The maximum absolute atomic E-state index is 12.1. The summed E-state index contributed by atoms with van der Waals surface area (Å²) in [7, 11) is 7.35. The number of thiophene rings is 1. The summed E-state index contributed by atoms with van der Waals surface area (Å²) in [5.41, 5.74) is 1.85. The van der Waals surface area contributed by atoms with Gasteiger partial charge in [0.25, 0.3) is 5.91 Å². The smallest absolute Gasteiger partial charge is 0.253 e. The van der Waals surface area contributed by atoms with E-state index in [1.807, 2.05) is 31.3 Å². The van der Waals surface area contributed by atoms with Crippen molar-refractivity contribution in [3.05, 3.63) is 56.2 Å². The highest BCUT2D eigenvalue weighted by Crippen LogP contribution is 2.22. The lowest BCUT2D eigenvalue weighted by atomic mass is 10.1. The van der Waals surface area contributed by atoms with Gasteiger partial charge in [-0.1, -0.05) is 12.1 Å². The van der Waals surface area contributed by atoms with Gasteiger partial charge in [-0.15, -0.1) is 11.3 Å². The van der Waals surface area contributed by atoms with E-state index >= 15 is 0 Å². The summed E-state index contributed by atoms with van der Waals surface area (Å²) < 4.78 is 1.14. The molecular weight excluding hydrogens is 412 g/mol. The zero-order chi connectivity index (χ0) is 19.1. The zero-order valence-corrected chi connectivity index (χ0v) is 18.0. The maximum atomic E-state index is 12.1. The minimum absolute atomic E-state index is 0.0254. The van der Waals surface area contributed by atoms with Crippen LogP contribution in [0.2, 0.25) is 0 Å². The van der Waals surface area contributed by atoms with Crippen LogP contribution >= 0.6 is 27.3 Å². The Morgan fingerprint density at radius 2 is 2.00 bits per heavy atom. The predicted molar refractivity (Wildman–Crippen MR) is 113 cm³/mol. The summed E-state index contributed by atoms with van der Waals surface area (Å²) in [4.78, 5) is 21.4. The quantitative estimate of drug-likeness (QED) is 0.556. The molecule has 7 heteroatoms. The number of aliphatic imine (C=N–C) groups is 1. The first-order chi connectivity index (χ1) is 12.4. The molecule has 1 aromatic heterocycles. The summed E-state index contributed by atoms with van der Waals surface area (Å²) in [6.07, 6.45) is 0.825. The summed E-state index contributed by atoms with van der Waals surface area (Å²) in [5, 5.41) is 3.39. The van der Waals surface area contributed by atoms with E-state index in [2.05, 4.69) is 43.3 Å². The number of rotatable bonds is 6. The first kappa shape index (κ1) is 20.5. The molecule has 0 atom stereocenters. The molecule has 0 radical (unpaired) electrons. The highest BCUT2D eigenvalue weighted by molar-refractivity contribution is 9.11. The Labute approximate surface area is 167 Å². The van der Waals surface area contributed by atoms with Gasteiger partial charge in [0.1, 0.15) is 0 Å². The fourth-order valence-electron chi connectivity index (χ4n) is 2.57. The second kappa shape index (κ2) is 9.73. The summed E-state index contributed by atoms with van der Waals surface area (Å²) in [5.74, 6) is 0.882. The van der Waals surface area contributed by atoms with Crippen LogP contribution in [0.5, 0.6) is 0 Å². The number of benzene rings is 1. The number of hydrogen-bond acceptors (Lipinski definition) is 3. The lowest BCUT2D eigenvalue weighted by Crippen LogP contribution is -2.39. The number of nitrogens with one attached hydrogen (secondary N) is 1. The van der Waals surface area contributed by atoms with Crippen LogP contribution in [0.15, 0.2) is 45.2 Å². The molecule has 1 heterocycles. The number of nitrogens with zero attached hydrogens (tertiary/aromatic N) is 3. The van der Waals surface area contributed by atoms with Gasteiger partial charge in [0.15, 0.2) is 5.96 Å². The van der Waals surface area contributed by atoms with E-state index in [0.29, 0.717) is 0 Å². The third kappa shape index (κ3) is 5.85. The Balaban J connectivity index is 1.89. The van der Waals surface area contributed by atoms with Crippen molar-refractivity contribution in [3.63, 3.8) is 0 Å². The van der Waals surface area contributed by atoms with Crippen LogP contribution in [0.25, 0.3) is 0 Å². The number of amides is 1. The lowest BCUT2D eigenvalue weighted by Gasteiger charge is -2.21. The third-order valence-corrected chi connectivity index (χ3v) is 5.48. The topological polar surface area (TPSA) is 47.9 Å². The standard InChI is InChI=1S/C19H25BrN4OS/c1-21-19(24(4)13-16-8-9-17(20)26-16)22-11-10-14-6-5-7-15(12-14)18(25)23(2)3/h5-9,12H,10-11,13H2,1-4H3,(H,21,22). The highest BCUT2D eigenvalue weighted by Gasteiger charge is 2.10. The molecule has 0 aliphatic carbocycles. The van der Waals surface area contributed by atoms with Crippen molar-refractivity contribution in [1.82, 2.24) is 15.1 Å². The van der Waals surface area contributed by atoms with Crippen molar-refractivity contribution in [2.45, 2.75) is 13.0 Å². The average molecular weight is 437 g/mol. The van der Waals surface area contributed by atoms with E-state index in [9.17, 15) is 4.79 Å². The molecule has 0 saturated heterocycles. The normalized spacial score (nSPS) is 11.3. The first-order valence-electron chi connectivity index (χ1n) is 8.37. The molecule has 1 aromatic carbocycles. The van der Waals surface area contributed by atoms with Crippen molar-refractivity contribution in [1.29, 1.82) is 0 Å². The third-order valence-electron chi connectivity index (χ3n) is 3.87. The fourth-order valence-corrected chi connectivity index (χ4v) is 4.10. The molecule has 0 spiro atoms. The van der Waals surface area contributed by atoms with Crippen LogP contribution in [0, 0.1) is 0 Å². The SMILES string of the molecule is CN=C(NCCc1cccc(C(=O)N(C)C)c1)N(C)Cc1ccc(Br)s1. The molecule has 1 amide bonds. The minimum atomic E-state index is 0.0254. The van der Waals surface area contributed by atoms with Gasteiger partial charge in [-0.05, 0) is 52.2 Å². The van der Waals surface area contributed by atoms with Gasteiger partial charge in [-0.2, -0.15) is 0 Å². The summed E-state index contributed by atoms with van der Waals surface area (Å²) >= 11 is 5.22. The zero-order valence-electron chi connectivity index (χ0n) is 15.6. The molecule has 0 aliphatic rings. The Morgan fingerprint density at radius 1 is 1.23 bits per heavy atom. The van der Waals surface area contributed by atoms with Crippen LogP contribution in [0.4, 0.5) is 0 Å². The van der Waals surface area contributed by atoms with Gasteiger partial charge in [0, 0.05) is 45.2 Å². The highest BCUT2D eigenvalue weighted by atomic mass is 79.9. The minimum Gasteiger partial charge on any atom is -0.356 e. The molecule has 0 fully saturated rings. The van der Waals surface area contributed by atoms with Gasteiger partial charge in [-0.3, -0.25) is 9.79 Å². The lowest BCUT2D eigenvalue weighted by molar-refractivity contribution is 0.0827. The van der Waals surface area contributed by atoms with Crippen molar-refractivity contribution in [2.75, 3.05) is 34.7 Å². The maximum Gasteiger partial charge on any atom is 0.253 e. The number of carbonyl (C=O) groups is 1. The van der Waals surface area contributed by atoms with Gasteiger partial charge in [0.2, 0.25) is 0 Å². The molecule has 0 aliphatic heterocycles.